The lowest BCUT2D eigenvalue weighted by Gasteiger charge is -2.15. The lowest BCUT2D eigenvalue weighted by atomic mass is 10.3. The number of aryl methyl sites for hydroxylation is 1. The fraction of sp³-hybridized carbons (Fsp3) is 0.312. The van der Waals surface area contributed by atoms with E-state index in [1.54, 1.807) is 29.8 Å². The maximum Gasteiger partial charge on any atom is 0.282 e. The number of anilines is 1. The minimum absolute atomic E-state index is 0.211. The molecule has 1 atom stereocenters. The van der Waals surface area contributed by atoms with Crippen molar-refractivity contribution in [2.75, 3.05) is 5.32 Å². The molecule has 1 aromatic carbocycles. The maximum absolute atomic E-state index is 13.1. The molecule has 0 aliphatic rings. The van der Waals surface area contributed by atoms with Gasteiger partial charge in [-0.05, 0) is 25.1 Å². The van der Waals surface area contributed by atoms with E-state index in [0.29, 0.717) is 16.3 Å². The van der Waals surface area contributed by atoms with Crippen LogP contribution in [0.25, 0.3) is 11.0 Å². The SMILES string of the molecule is CC(C(=O)Nc1nc2ccccc2n1C)n1nc(C(F)F)cc1C(F)F. The Labute approximate surface area is 145 Å². The number of fused-ring (bicyclic) bond motifs is 1. The van der Waals surface area contributed by atoms with Crippen molar-refractivity contribution in [2.45, 2.75) is 25.8 Å². The van der Waals surface area contributed by atoms with Crippen molar-refractivity contribution in [3.63, 3.8) is 0 Å². The van der Waals surface area contributed by atoms with Gasteiger partial charge in [0.2, 0.25) is 5.95 Å². The van der Waals surface area contributed by atoms with Crippen molar-refractivity contribution >= 4 is 22.9 Å². The molecule has 0 aliphatic heterocycles. The second kappa shape index (κ2) is 6.77. The maximum atomic E-state index is 13.1. The Hall–Kier alpha value is -2.91. The third-order valence-corrected chi connectivity index (χ3v) is 4.00. The van der Waals surface area contributed by atoms with Crippen LogP contribution in [0.5, 0.6) is 0 Å². The number of imidazole rings is 1. The van der Waals surface area contributed by atoms with Gasteiger partial charge in [-0.25, -0.2) is 22.5 Å². The number of amides is 1. The second-order valence-electron chi connectivity index (χ2n) is 5.69. The summed E-state index contributed by atoms with van der Waals surface area (Å²) >= 11 is 0. The van der Waals surface area contributed by atoms with Gasteiger partial charge in [-0.2, -0.15) is 5.10 Å². The topological polar surface area (TPSA) is 64.7 Å². The molecule has 3 aromatic rings. The van der Waals surface area contributed by atoms with Gasteiger partial charge in [-0.1, -0.05) is 12.1 Å². The van der Waals surface area contributed by atoms with Crippen LogP contribution in [0.3, 0.4) is 0 Å². The van der Waals surface area contributed by atoms with Gasteiger partial charge in [0.25, 0.3) is 18.8 Å². The van der Waals surface area contributed by atoms with Crippen LogP contribution in [0.15, 0.2) is 30.3 Å². The molecule has 1 N–H and O–H groups in total. The van der Waals surface area contributed by atoms with Gasteiger partial charge in [-0.3, -0.25) is 14.8 Å². The number of hydrogen-bond donors (Lipinski definition) is 1. The van der Waals surface area contributed by atoms with Gasteiger partial charge in [0.1, 0.15) is 17.4 Å². The highest BCUT2D eigenvalue weighted by Gasteiger charge is 2.27. The Balaban J connectivity index is 1.89. The molecule has 138 valence electrons. The summed E-state index contributed by atoms with van der Waals surface area (Å²) in [5.74, 6) is -0.489. The molecule has 0 fully saturated rings. The molecule has 6 nitrogen and oxygen atoms in total. The van der Waals surface area contributed by atoms with Crippen LogP contribution < -0.4 is 5.32 Å². The summed E-state index contributed by atoms with van der Waals surface area (Å²) in [6.07, 6.45) is -6.05. The molecule has 0 bridgehead atoms. The predicted octanol–water partition coefficient (Wildman–Crippen LogP) is 3.84. The largest absolute Gasteiger partial charge is 0.313 e. The molecule has 0 radical (unpaired) electrons. The number of halogens is 4. The summed E-state index contributed by atoms with van der Waals surface area (Å²) < 4.78 is 54.0. The first-order valence-electron chi connectivity index (χ1n) is 7.67. The zero-order valence-electron chi connectivity index (χ0n) is 13.8. The van der Waals surface area contributed by atoms with E-state index in [9.17, 15) is 22.4 Å². The number of aromatic nitrogens is 4. The summed E-state index contributed by atoms with van der Waals surface area (Å²) in [6, 6.07) is 6.53. The number of rotatable bonds is 5. The molecule has 3 rings (SSSR count). The van der Waals surface area contributed by atoms with Crippen LogP contribution >= 0.6 is 0 Å². The third kappa shape index (κ3) is 3.14. The van der Waals surface area contributed by atoms with Crippen LogP contribution in [-0.4, -0.2) is 25.2 Å². The number of para-hydroxylation sites is 2. The van der Waals surface area contributed by atoms with Crippen molar-refractivity contribution in [2.24, 2.45) is 7.05 Å². The average molecular weight is 369 g/mol. The molecule has 0 aliphatic carbocycles. The van der Waals surface area contributed by atoms with Crippen LogP contribution in [0.2, 0.25) is 0 Å². The Morgan fingerprint density at radius 1 is 1.15 bits per heavy atom. The van der Waals surface area contributed by atoms with E-state index >= 15 is 0 Å². The molecule has 0 saturated carbocycles. The van der Waals surface area contributed by atoms with E-state index in [0.717, 1.165) is 5.52 Å². The average Bonchev–Trinajstić information content (AvgIpc) is 3.17. The summed E-state index contributed by atoms with van der Waals surface area (Å²) in [6.45, 7) is 1.30. The van der Waals surface area contributed by atoms with Gasteiger partial charge >= 0.3 is 0 Å². The summed E-state index contributed by atoms with van der Waals surface area (Å²) in [4.78, 5) is 16.7. The van der Waals surface area contributed by atoms with E-state index in [1.165, 1.54) is 6.92 Å². The summed E-state index contributed by atoms with van der Waals surface area (Å²) in [5, 5.41) is 5.98. The fourth-order valence-corrected chi connectivity index (χ4v) is 2.59. The second-order valence-corrected chi connectivity index (χ2v) is 5.69. The van der Waals surface area contributed by atoms with Gasteiger partial charge in [0, 0.05) is 7.05 Å². The standard InChI is InChI=1S/C16H15F4N5O/c1-8(25-12(14(19)20)7-10(23-25)13(17)18)15(26)22-16-21-9-5-3-4-6-11(9)24(16)2/h3-8,13-14H,1-2H3,(H,21,22,26). The van der Waals surface area contributed by atoms with E-state index in [4.69, 9.17) is 0 Å². The number of nitrogens with zero attached hydrogens (tertiary/aromatic N) is 4. The molecule has 1 amide bonds. The molecular formula is C16H15F4N5O. The molecule has 1 unspecified atom stereocenters. The monoisotopic (exact) mass is 369 g/mol. The number of alkyl halides is 4. The van der Waals surface area contributed by atoms with Crippen molar-refractivity contribution < 1.29 is 22.4 Å². The first-order chi connectivity index (χ1) is 12.3. The van der Waals surface area contributed by atoms with Gasteiger partial charge < -0.3 is 4.57 Å². The van der Waals surface area contributed by atoms with Gasteiger partial charge in [0.05, 0.1) is 11.0 Å². The number of hydrogen-bond acceptors (Lipinski definition) is 3. The van der Waals surface area contributed by atoms with Crippen LogP contribution in [0, 0.1) is 0 Å². The van der Waals surface area contributed by atoms with Crippen molar-refractivity contribution in [3.05, 3.63) is 41.7 Å². The van der Waals surface area contributed by atoms with Crippen molar-refractivity contribution in [1.29, 1.82) is 0 Å². The van der Waals surface area contributed by atoms with Crippen molar-refractivity contribution in [3.8, 4) is 0 Å². The molecule has 0 spiro atoms. The highest BCUT2D eigenvalue weighted by Crippen LogP contribution is 2.28. The quantitative estimate of drug-likeness (QED) is 0.695. The Morgan fingerprint density at radius 2 is 1.85 bits per heavy atom. The molecular weight excluding hydrogens is 354 g/mol. The van der Waals surface area contributed by atoms with Crippen LogP contribution in [-0.2, 0) is 11.8 Å². The summed E-state index contributed by atoms with van der Waals surface area (Å²) in [7, 11) is 1.68. The first kappa shape index (κ1) is 17.9. The number of carbonyl (C=O) groups excluding carboxylic acids is 1. The van der Waals surface area contributed by atoms with E-state index < -0.39 is 36.2 Å². The Morgan fingerprint density at radius 3 is 2.46 bits per heavy atom. The van der Waals surface area contributed by atoms with Crippen LogP contribution in [0.1, 0.15) is 37.2 Å². The number of benzene rings is 1. The molecule has 26 heavy (non-hydrogen) atoms. The van der Waals surface area contributed by atoms with E-state index in [1.807, 2.05) is 6.07 Å². The zero-order chi connectivity index (χ0) is 19.0. The van der Waals surface area contributed by atoms with E-state index in [2.05, 4.69) is 15.4 Å². The zero-order valence-corrected chi connectivity index (χ0v) is 13.8. The first-order valence-corrected chi connectivity index (χ1v) is 7.67. The normalized spacial score (nSPS) is 12.9. The molecule has 2 heterocycles. The molecule has 10 heteroatoms. The minimum atomic E-state index is -3.04. The Bertz CT molecular complexity index is 949. The number of nitrogens with one attached hydrogen (secondary N) is 1. The lowest BCUT2D eigenvalue weighted by molar-refractivity contribution is -0.119. The minimum Gasteiger partial charge on any atom is -0.313 e. The van der Waals surface area contributed by atoms with Crippen LogP contribution in [0.4, 0.5) is 23.5 Å². The van der Waals surface area contributed by atoms with Crippen molar-refractivity contribution in [1.82, 2.24) is 19.3 Å². The molecule has 2 aromatic heterocycles. The van der Waals surface area contributed by atoms with Gasteiger partial charge in [-0.15, -0.1) is 0 Å². The summed E-state index contributed by atoms with van der Waals surface area (Å²) in [5.41, 5.74) is -0.135. The smallest absolute Gasteiger partial charge is 0.282 e. The number of carbonyl (C=O) groups is 1. The third-order valence-electron chi connectivity index (χ3n) is 4.00. The predicted molar refractivity (Wildman–Crippen MR) is 86.2 cm³/mol. The molecule has 0 saturated heterocycles. The highest BCUT2D eigenvalue weighted by atomic mass is 19.3. The van der Waals surface area contributed by atoms with Gasteiger partial charge in [0.15, 0.2) is 0 Å². The Kier molecular flexibility index (Phi) is 4.66. The fourth-order valence-electron chi connectivity index (χ4n) is 2.59. The highest BCUT2D eigenvalue weighted by molar-refractivity contribution is 5.93. The van der Waals surface area contributed by atoms with E-state index in [-0.39, 0.29) is 5.95 Å². The lowest BCUT2D eigenvalue weighted by Crippen LogP contribution is -2.27.